The molecule has 0 spiro atoms. The smallest absolute Gasteiger partial charge is 0.251 e. The van der Waals surface area contributed by atoms with E-state index >= 15 is 0 Å². The molecule has 0 radical (unpaired) electrons. The van der Waals surface area contributed by atoms with Crippen molar-refractivity contribution in [1.29, 1.82) is 0 Å². The van der Waals surface area contributed by atoms with E-state index in [4.69, 9.17) is 10.5 Å². The first kappa shape index (κ1) is 14.6. The number of ether oxygens (including phenoxy) is 1. The molecule has 0 bridgehead atoms. The van der Waals surface area contributed by atoms with Gasteiger partial charge in [0, 0.05) is 31.4 Å². The monoisotopic (exact) mass is 286 g/mol. The van der Waals surface area contributed by atoms with Crippen molar-refractivity contribution in [3.63, 3.8) is 0 Å². The third kappa shape index (κ3) is 3.62. The van der Waals surface area contributed by atoms with Crippen molar-refractivity contribution < 1.29 is 9.53 Å². The molecule has 0 aliphatic carbocycles. The number of amides is 1. The first-order valence-corrected chi connectivity index (χ1v) is 6.48. The summed E-state index contributed by atoms with van der Waals surface area (Å²) in [7, 11) is 3.16. The van der Waals surface area contributed by atoms with Crippen LogP contribution >= 0.6 is 0 Å². The Morgan fingerprint density at radius 1 is 1.33 bits per heavy atom. The van der Waals surface area contributed by atoms with E-state index < -0.39 is 0 Å². The molecular weight excluding hydrogens is 268 g/mol. The maximum Gasteiger partial charge on any atom is 0.251 e. The lowest BCUT2D eigenvalue weighted by Gasteiger charge is -2.11. The molecule has 0 atom stereocenters. The van der Waals surface area contributed by atoms with E-state index in [0.29, 0.717) is 23.7 Å². The Hall–Kier alpha value is -2.76. The molecule has 0 saturated heterocycles. The molecule has 1 aromatic carbocycles. The Bertz CT molecular complexity index is 626. The number of aromatic nitrogens is 1. The summed E-state index contributed by atoms with van der Waals surface area (Å²) in [4.78, 5) is 15.6. The van der Waals surface area contributed by atoms with E-state index in [1.807, 2.05) is 6.07 Å². The van der Waals surface area contributed by atoms with Crippen LogP contribution in [0.2, 0.25) is 0 Å². The van der Waals surface area contributed by atoms with Crippen LogP contribution in [0.1, 0.15) is 15.9 Å². The summed E-state index contributed by atoms with van der Waals surface area (Å²) in [5.74, 6) is 0.417. The lowest BCUT2D eigenvalue weighted by molar-refractivity contribution is 0.0963. The predicted octanol–water partition coefficient (Wildman–Crippen LogP) is 1.64. The molecule has 1 amide bonds. The van der Waals surface area contributed by atoms with Gasteiger partial charge in [0.1, 0.15) is 0 Å². The second kappa shape index (κ2) is 6.60. The van der Waals surface area contributed by atoms with Crippen LogP contribution < -0.4 is 21.1 Å². The Morgan fingerprint density at radius 3 is 2.71 bits per heavy atom. The minimum absolute atomic E-state index is 0.160. The number of hydrogen-bond acceptors (Lipinski definition) is 5. The molecule has 2 rings (SSSR count). The van der Waals surface area contributed by atoms with Crippen LogP contribution in [0.15, 0.2) is 36.5 Å². The first-order chi connectivity index (χ1) is 10.1. The van der Waals surface area contributed by atoms with Crippen LogP contribution in [0.25, 0.3) is 0 Å². The molecule has 1 aromatic heterocycles. The lowest BCUT2D eigenvalue weighted by Crippen LogP contribution is -2.18. The molecule has 0 unspecified atom stereocenters. The standard InChI is InChI=1S/C15H18N4O2/c1-17-15(20)11-4-5-13(12(16)7-11)18-8-10-3-6-14(21-2)19-9-10/h3-7,9,18H,8,16H2,1-2H3,(H,17,20). The average Bonchev–Trinajstić information content (AvgIpc) is 2.53. The van der Waals surface area contributed by atoms with Gasteiger partial charge in [-0.3, -0.25) is 4.79 Å². The molecule has 2 aromatic rings. The van der Waals surface area contributed by atoms with Gasteiger partial charge in [0.15, 0.2) is 0 Å². The van der Waals surface area contributed by atoms with Gasteiger partial charge in [0.2, 0.25) is 5.88 Å². The fourth-order valence-electron chi connectivity index (χ4n) is 1.84. The highest BCUT2D eigenvalue weighted by Gasteiger charge is 2.06. The minimum Gasteiger partial charge on any atom is -0.481 e. The quantitative estimate of drug-likeness (QED) is 0.727. The molecule has 110 valence electrons. The van der Waals surface area contributed by atoms with Crippen molar-refractivity contribution in [3.05, 3.63) is 47.7 Å². The number of nitrogens with zero attached hydrogens (tertiary/aromatic N) is 1. The summed E-state index contributed by atoms with van der Waals surface area (Å²) < 4.78 is 5.01. The molecule has 0 saturated carbocycles. The van der Waals surface area contributed by atoms with Crippen LogP contribution in [0.4, 0.5) is 11.4 Å². The molecule has 0 aliphatic rings. The van der Waals surface area contributed by atoms with Crippen LogP contribution in [-0.4, -0.2) is 25.0 Å². The summed E-state index contributed by atoms with van der Waals surface area (Å²) in [5, 5.41) is 5.77. The van der Waals surface area contributed by atoms with Crippen molar-refractivity contribution in [1.82, 2.24) is 10.3 Å². The van der Waals surface area contributed by atoms with Gasteiger partial charge in [0.05, 0.1) is 18.5 Å². The van der Waals surface area contributed by atoms with E-state index in [0.717, 1.165) is 11.3 Å². The topological polar surface area (TPSA) is 89.3 Å². The Kier molecular flexibility index (Phi) is 4.61. The zero-order chi connectivity index (χ0) is 15.2. The van der Waals surface area contributed by atoms with Gasteiger partial charge < -0.3 is 21.1 Å². The molecule has 6 heteroatoms. The number of carbonyl (C=O) groups excluding carboxylic acids is 1. The van der Waals surface area contributed by atoms with Gasteiger partial charge in [0.25, 0.3) is 5.91 Å². The van der Waals surface area contributed by atoms with E-state index in [-0.39, 0.29) is 5.91 Å². The fourth-order valence-corrected chi connectivity index (χ4v) is 1.84. The van der Waals surface area contributed by atoms with Gasteiger partial charge >= 0.3 is 0 Å². The van der Waals surface area contributed by atoms with Crippen LogP contribution in [0.5, 0.6) is 5.88 Å². The van der Waals surface area contributed by atoms with Crippen molar-refractivity contribution in [3.8, 4) is 5.88 Å². The second-order valence-corrected chi connectivity index (χ2v) is 4.44. The van der Waals surface area contributed by atoms with E-state index in [1.165, 1.54) is 0 Å². The summed E-state index contributed by atoms with van der Waals surface area (Å²) in [5.41, 5.74) is 8.79. The van der Waals surface area contributed by atoms with Crippen molar-refractivity contribution in [2.75, 3.05) is 25.2 Å². The molecule has 6 nitrogen and oxygen atoms in total. The Labute approximate surface area is 123 Å². The maximum absolute atomic E-state index is 11.5. The van der Waals surface area contributed by atoms with Gasteiger partial charge in [-0.25, -0.2) is 4.98 Å². The van der Waals surface area contributed by atoms with E-state index in [1.54, 1.807) is 44.6 Å². The fraction of sp³-hybridized carbons (Fsp3) is 0.200. The summed E-state index contributed by atoms with van der Waals surface area (Å²) in [6.07, 6.45) is 1.74. The molecule has 0 fully saturated rings. The van der Waals surface area contributed by atoms with Crippen LogP contribution in [-0.2, 0) is 6.54 Å². The van der Waals surface area contributed by atoms with Gasteiger partial charge in [-0.05, 0) is 23.8 Å². The number of nitrogens with one attached hydrogen (secondary N) is 2. The predicted molar refractivity (Wildman–Crippen MR) is 82.4 cm³/mol. The SMILES string of the molecule is CNC(=O)c1ccc(NCc2ccc(OC)nc2)c(N)c1. The number of carbonyl (C=O) groups is 1. The highest BCUT2D eigenvalue weighted by molar-refractivity contribution is 5.95. The van der Waals surface area contributed by atoms with Crippen LogP contribution in [0, 0.1) is 0 Å². The van der Waals surface area contributed by atoms with Crippen molar-refractivity contribution >= 4 is 17.3 Å². The highest BCUT2D eigenvalue weighted by atomic mass is 16.5. The number of benzene rings is 1. The number of pyridine rings is 1. The van der Waals surface area contributed by atoms with Gasteiger partial charge in [-0.2, -0.15) is 0 Å². The van der Waals surface area contributed by atoms with Gasteiger partial charge in [-0.15, -0.1) is 0 Å². The minimum atomic E-state index is -0.160. The van der Waals surface area contributed by atoms with Crippen LogP contribution in [0.3, 0.4) is 0 Å². The summed E-state index contributed by atoms with van der Waals surface area (Å²) >= 11 is 0. The first-order valence-electron chi connectivity index (χ1n) is 6.48. The van der Waals surface area contributed by atoms with Gasteiger partial charge in [-0.1, -0.05) is 6.07 Å². The maximum atomic E-state index is 11.5. The molecule has 1 heterocycles. The Balaban J connectivity index is 2.04. The zero-order valence-corrected chi connectivity index (χ0v) is 12.0. The lowest BCUT2D eigenvalue weighted by atomic mass is 10.1. The highest BCUT2D eigenvalue weighted by Crippen LogP contribution is 2.20. The normalized spacial score (nSPS) is 10.0. The largest absolute Gasteiger partial charge is 0.481 e. The molecule has 4 N–H and O–H groups in total. The number of hydrogen-bond donors (Lipinski definition) is 3. The average molecular weight is 286 g/mol. The van der Waals surface area contributed by atoms with E-state index in [9.17, 15) is 4.79 Å². The third-order valence-corrected chi connectivity index (χ3v) is 3.03. The molecular formula is C15H18N4O2. The van der Waals surface area contributed by atoms with E-state index in [2.05, 4.69) is 15.6 Å². The number of nitrogens with two attached hydrogens (primary N) is 1. The third-order valence-electron chi connectivity index (χ3n) is 3.03. The molecule has 21 heavy (non-hydrogen) atoms. The number of nitrogen functional groups attached to an aromatic ring is 1. The molecule has 0 aliphatic heterocycles. The number of methoxy groups -OCH3 is 1. The second-order valence-electron chi connectivity index (χ2n) is 4.44. The summed E-state index contributed by atoms with van der Waals surface area (Å²) in [6.45, 7) is 0.584. The van der Waals surface area contributed by atoms with Crippen molar-refractivity contribution in [2.45, 2.75) is 6.54 Å². The number of rotatable bonds is 5. The number of anilines is 2. The Morgan fingerprint density at radius 2 is 2.14 bits per heavy atom. The summed E-state index contributed by atoms with van der Waals surface area (Å²) in [6, 6.07) is 8.89. The van der Waals surface area contributed by atoms with Crippen molar-refractivity contribution in [2.24, 2.45) is 0 Å². The zero-order valence-electron chi connectivity index (χ0n) is 12.0.